The molecule has 2 aromatic carbocycles. The Morgan fingerprint density at radius 1 is 1.03 bits per heavy atom. The number of aromatic hydroxyl groups is 1. The topological polar surface area (TPSA) is 101 Å². The SMILES string of the molecule is O=C(NCc1ccc(S(=O)(=O)c2cccc(O)c2)cc1)c1ccc2nccn2c1. The minimum atomic E-state index is -3.72. The molecule has 0 atom stereocenters. The highest BCUT2D eigenvalue weighted by molar-refractivity contribution is 7.91. The Balaban J connectivity index is 1.46. The Hall–Kier alpha value is -3.65. The molecule has 7 nitrogen and oxygen atoms in total. The molecule has 146 valence electrons. The van der Waals surface area contributed by atoms with Gasteiger partial charge in [-0.2, -0.15) is 0 Å². The first-order valence-electron chi connectivity index (χ1n) is 8.77. The number of benzene rings is 2. The lowest BCUT2D eigenvalue weighted by molar-refractivity contribution is 0.0950. The summed E-state index contributed by atoms with van der Waals surface area (Å²) >= 11 is 0. The summed E-state index contributed by atoms with van der Waals surface area (Å²) < 4.78 is 27.0. The lowest BCUT2D eigenvalue weighted by atomic mass is 10.2. The second kappa shape index (κ2) is 7.40. The molecule has 2 aromatic heterocycles. The van der Waals surface area contributed by atoms with E-state index in [0.717, 1.165) is 11.2 Å². The predicted octanol–water partition coefficient (Wildman–Crippen LogP) is 2.80. The zero-order chi connectivity index (χ0) is 20.4. The number of nitrogens with zero attached hydrogens (tertiary/aromatic N) is 2. The highest BCUT2D eigenvalue weighted by Gasteiger charge is 2.18. The number of sulfone groups is 1. The van der Waals surface area contributed by atoms with Crippen LogP contribution in [0.5, 0.6) is 5.75 Å². The third kappa shape index (κ3) is 3.83. The van der Waals surface area contributed by atoms with Crippen LogP contribution < -0.4 is 5.32 Å². The Morgan fingerprint density at radius 3 is 2.59 bits per heavy atom. The van der Waals surface area contributed by atoms with Crippen LogP contribution in [0.4, 0.5) is 0 Å². The van der Waals surface area contributed by atoms with Crippen LogP contribution in [0.25, 0.3) is 5.65 Å². The molecule has 0 saturated heterocycles. The van der Waals surface area contributed by atoms with Crippen molar-refractivity contribution in [3.8, 4) is 5.75 Å². The number of phenolic OH excluding ortho intramolecular Hbond substituents is 1. The van der Waals surface area contributed by atoms with Crippen molar-refractivity contribution in [3.63, 3.8) is 0 Å². The first-order chi connectivity index (χ1) is 13.9. The summed E-state index contributed by atoms with van der Waals surface area (Å²) in [7, 11) is -3.72. The number of imidazole rings is 1. The highest BCUT2D eigenvalue weighted by atomic mass is 32.2. The van der Waals surface area contributed by atoms with Gasteiger partial charge >= 0.3 is 0 Å². The Bertz CT molecular complexity index is 1300. The van der Waals surface area contributed by atoms with Gasteiger partial charge in [0.15, 0.2) is 0 Å². The van der Waals surface area contributed by atoms with Crippen molar-refractivity contribution >= 4 is 21.4 Å². The zero-order valence-corrected chi connectivity index (χ0v) is 16.0. The maximum atomic E-state index is 12.6. The number of phenols is 1. The normalized spacial score (nSPS) is 11.4. The minimum absolute atomic E-state index is 0.0217. The van der Waals surface area contributed by atoms with Gasteiger partial charge in [-0.1, -0.05) is 18.2 Å². The third-order valence-corrected chi connectivity index (χ3v) is 6.23. The maximum absolute atomic E-state index is 12.6. The zero-order valence-electron chi connectivity index (χ0n) is 15.2. The summed E-state index contributed by atoms with van der Waals surface area (Å²) in [5.41, 5.74) is 2.01. The molecule has 0 bridgehead atoms. The molecule has 8 heteroatoms. The van der Waals surface area contributed by atoms with Gasteiger partial charge in [0.05, 0.1) is 15.4 Å². The number of aromatic nitrogens is 2. The van der Waals surface area contributed by atoms with Crippen molar-refractivity contribution in [2.75, 3.05) is 0 Å². The van der Waals surface area contributed by atoms with Crippen molar-refractivity contribution in [2.45, 2.75) is 16.3 Å². The van der Waals surface area contributed by atoms with Crippen molar-refractivity contribution in [2.24, 2.45) is 0 Å². The van der Waals surface area contributed by atoms with E-state index in [4.69, 9.17) is 0 Å². The second-order valence-corrected chi connectivity index (χ2v) is 8.39. The van der Waals surface area contributed by atoms with E-state index in [2.05, 4.69) is 10.3 Å². The number of hydrogen-bond donors (Lipinski definition) is 2. The van der Waals surface area contributed by atoms with Gasteiger partial charge in [0.1, 0.15) is 11.4 Å². The average molecular weight is 407 g/mol. The summed E-state index contributed by atoms with van der Waals surface area (Å²) in [5, 5.41) is 12.3. The van der Waals surface area contributed by atoms with Crippen molar-refractivity contribution in [1.82, 2.24) is 14.7 Å². The van der Waals surface area contributed by atoms with Gasteiger partial charge in [0.2, 0.25) is 9.84 Å². The molecule has 1 amide bonds. The van der Waals surface area contributed by atoms with Gasteiger partial charge in [-0.25, -0.2) is 13.4 Å². The van der Waals surface area contributed by atoms with Crippen molar-refractivity contribution in [1.29, 1.82) is 0 Å². The quantitative estimate of drug-likeness (QED) is 0.530. The van der Waals surface area contributed by atoms with E-state index < -0.39 is 9.84 Å². The standard InChI is InChI=1S/C21H17N3O4S/c25-17-2-1-3-19(12-17)29(27,28)18-7-4-15(5-8-18)13-23-21(26)16-6-9-20-22-10-11-24(20)14-16/h1-12,14,25H,13H2,(H,23,26). The summed E-state index contributed by atoms with van der Waals surface area (Å²) in [6.07, 6.45) is 5.11. The highest BCUT2D eigenvalue weighted by Crippen LogP contribution is 2.24. The monoisotopic (exact) mass is 407 g/mol. The van der Waals surface area contributed by atoms with Crippen LogP contribution >= 0.6 is 0 Å². The van der Waals surface area contributed by atoms with Crippen molar-refractivity contribution < 1.29 is 18.3 Å². The molecular formula is C21H17N3O4S. The van der Waals surface area contributed by atoms with E-state index in [1.54, 1.807) is 47.3 Å². The van der Waals surface area contributed by atoms with Gasteiger partial charge < -0.3 is 14.8 Å². The van der Waals surface area contributed by atoms with Gasteiger partial charge in [-0.05, 0) is 48.0 Å². The van der Waals surface area contributed by atoms with Gasteiger partial charge in [-0.3, -0.25) is 4.79 Å². The number of nitrogens with one attached hydrogen (secondary N) is 1. The van der Waals surface area contributed by atoms with Crippen LogP contribution in [0.3, 0.4) is 0 Å². The molecule has 4 aromatic rings. The van der Waals surface area contributed by atoms with E-state index in [9.17, 15) is 18.3 Å². The van der Waals surface area contributed by atoms with Crippen LogP contribution in [0.1, 0.15) is 15.9 Å². The summed E-state index contributed by atoms with van der Waals surface area (Å²) in [6.45, 7) is 0.257. The van der Waals surface area contributed by atoms with E-state index in [-0.39, 0.29) is 28.0 Å². The number of carbonyl (C=O) groups excluding carboxylic acids is 1. The molecule has 0 spiro atoms. The molecule has 0 saturated carbocycles. The summed E-state index contributed by atoms with van der Waals surface area (Å²) in [4.78, 5) is 16.6. The fourth-order valence-electron chi connectivity index (χ4n) is 2.91. The fourth-order valence-corrected chi connectivity index (χ4v) is 4.21. The Morgan fingerprint density at radius 2 is 1.83 bits per heavy atom. The maximum Gasteiger partial charge on any atom is 0.253 e. The first-order valence-corrected chi connectivity index (χ1v) is 10.3. The molecule has 29 heavy (non-hydrogen) atoms. The summed E-state index contributed by atoms with van der Waals surface area (Å²) in [5.74, 6) is -0.351. The number of fused-ring (bicyclic) bond motifs is 1. The molecule has 2 heterocycles. The van der Waals surface area contributed by atoms with E-state index in [0.29, 0.717) is 5.56 Å². The molecule has 4 rings (SSSR count). The molecule has 0 unspecified atom stereocenters. The predicted molar refractivity (Wildman–Crippen MR) is 106 cm³/mol. The minimum Gasteiger partial charge on any atom is -0.508 e. The number of pyridine rings is 1. The Labute approximate surface area is 167 Å². The third-order valence-electron chi connectivity index (χ3n) is 4.47. The Kier molecular flexibility index (Phi) is 4.77. The largest absolute Gasteiger partial charge is 0.508 e. The fraction of sp³-hybridized carbons (Fsp3) is 0.0476. The number of carbonyl (C=O) groups is 1. The van der Waals surface area contributed by atoms with Crippen LogP contribution in [0.2, 0.25) is 0 Å². The van der Waals surface area contributed by atoms with Crippen LogP contribution in [-0.4, -0.2) is 28.8 Å². The van der Waals surface area contributed by atoms with Crippen LogP contribution in [0, 0.1) is 0 Å². The molecule has 0 radical (unpaired) electrons. The van der Waals surface area contributed by atoms with Gasteiger partial charge in [-0.15, -0.1) is 0 Å². The van der Waals surface area contributed by atoms with Crippen molar-refractivity contribution in [3.05, 3.63) is 90.4 Å². The van der Waals surface area contributed by atoms with Crippen LogP contribution in [0.15, 0.2) is 89.0 Å². The van der Waals surface area contributed by atoms with E-state index in [1.165, 1.54) is 36.4 Å². The molecule has 0 fully saturated rings. The summed E-state index contributed by atoms with van der Waals surface area (Å²) in [6, 6.07) is 15.3. The van der Waals surface area contributed by atoms with E-state index >= 15 is 0 Å². The number of rotatable bonds is 5. The molecule has 0 aliphatic heterocycles. The molecule has 0 aliphatic carbocycles. The van der Waals surface area contributed by atoms with Gasteiger partial charge in [0, 0.05) is 25.1 Å². The number of hydrogen-bond acceptors (Lipinski definition) is 5. The van der Waals surface area contributed by atoms with Gasteiger partial charge in [0.25, 0.3) is 5.91 Å². The molecular weight excluding hydrogens is 390 g/mol. The second-order valence-electron chi connectivity index (χ2n) is 6.44. The average Bonchev–Trinajstić information content (AvgIpc) is 3.20. The first kappa shape index (κ1) is 18.7. The molecule has 2 N–H and O–H groups in total. The number of amides is 1. The lowest BCUT2D eigenvalue weighted by Crippen LogP contribution is -2.23. The van der Waals surface area contributed by atoms with Crippen LogP contribution in [-0.2, 0) is 16.4 Å². The molecule has 0 aliphatic rings. The smallest absolute Gasteiger partial charge is 0.253 e. The lowest BCUT2D eigenvalue weighted by Gasteiger charge is -2.08. The van der Waals surface area contributed by atoms with E-state index in [1.807, 2.05) is 0 Å².